The van der Waals surface area contributed by atoms with Gasteiger partial charge in [-0.05, 0) is 30.2 Å². The summed E-state index contributed by atoms with van der Waals surface area (Å²) in [6, 6.07) is 14.2. The van der Waals surface area contributed by atoms with E-state index in [-0.39, 0.29) is 30.8 Å². The maximum absolute atomic E-state index is 12.7. The highest BCUT2D eigenvalue weighted by Crippen LogP contribution is 2.24. The summed E-state index contributed by atoms with van der Waals surface area (Å²) in [5, 5.41) is 3.45. The van der Waals surface area contributed by atoms with Crippen LogP contribution in [0.1, 0.15) is 38.6 Å². The van der Waals surface area contributed by atoms with E-state index in [1.807, 2.05) is 24.3 Å². The fourth-order valence-electron chi connectivity index (χ4n) is 3.70. The molecule has 0 aliphatic heterocycles. The molecule has 2 unspecified atom stereocenters. The lowest BCUT2D eigenvalue weighted by Gasteiger charge is -2.22. The van der Waals surface area contributed by atoms with Crippen LogP contribution in [0.5, 0.6) is 0 Å². The van der Waals surface area contributed by atoms with Crippen LogP contribution in [0.4, 0.5) is 0 Å². The normalized spacial score (nSPS) is 13.4. The molecular weight excluding hydrogens is 394 g/mol. The third-order valence-corrected chi connectivity index (χ3v) is 5.68. The van der Waals surface area contributed by atoms with Gasteiger partial charge >= 0.3 is 5.69 Å². The molecule has 2 aromatic heterocycles. The van der Waals surface area contributed by atoms with Crippen LogP contribution >= 0.6 is 0 Å². The van der Waals surface area contributed by atoms with Crippen molar-refractivity contribution in [2.75, 3.05) is 0 Å². The molecule has 0 saturated carbocycles. The van der Waals surface area contributed by atoms with Crippen LogP contribution < -0.4 is 16.6 Å². The van der Waals surface area contributed by atoms with Crippen LogP contribution in [0.2, 0.25) is 0 Å². The number of nitrogens with zero attached hydrogens (tertiary/aromatic N) is 2. The second-order valence-electron chi connectivity index (χ2n) is 7.75. The predicted octanol–water partition coefficient (Wildman–Crippen LogP) is 2.86. The van der Waals surface area contributed by atoms with Crippen molar-refractivity contribution in [2.45, 2.75) is 39.3 Å². The maximum Gasteiger partial charge on any atom is 0.328 e. The lowest BCUT2D eigenvalue weighted by molar-refractivity contribution is -0.122. The molecule has 8 heteroatoms. The van der Waals surface area contributed by atoms with Crippen LogP contribution in [-0.4, -0.2) is 25.4 Å². The van der Waals surface area contributed by atoms with E-state index in [0.717, 1.165) is 22.0 Å². The standard InChI is InChI=1S/C23H25N5O3/c1-3-14(2)20(21-24-17-10-6-7-11-18(17)25-21)27-19(29)12-13-28-22(30)15-8-4-5-9-16(15)26-23(28)31/h4-11,14,20H,3,12-13H2,1-2H3,(H,24,25)(H,26,31)(H,27,29). The number of benzene rings is 2. The number of carbonyl (C=O) groups excluding carboxylic acids is 1. The molecule has 0 saturated heterocycles. The average molecular weight is 419 g/mol. The molecule has 1 amide bonds. The predicted molar refractivity (Wildman–Crippen MR) is 120 cm³/mol. The van der Waals surface area contributed by atoms with Crippen LogP contribution in [0.15, 0.2) is 58.1 Å². The minimum atomic E-state index is -0.521. The second kappa shape index (κ2) is 8.59. The Balaban J connectivity index is 1.53. The summed E-state index contributed by atoms with van der Waals surface area (Å²) in [6.45, 7) is 4.11. The largest absolute Gasteiger partial charge is 0.346 e. The molecule has 8 nitrogen and oxygen atoms in total. The highest BCUT2D eigenvalue weighted by molar-refractivity contribution is 5.78. The summed E-state index contributed by atoms with van der Waals surface area (Å²) >= 11 is 0. The summed E-state index contributed by atoms with van der Waals surface area (Å²) < 4.78 is 1.07. The van der Waals surface area contributed by atoms with Gasteiger partial charge in [0, 0.05) is 13.0 Å². The van der Waals surface area contributed by atoms with Gasteiger partial charge in [-0.2, -0.15) is 0 Å². The zero-order chi connectivity index (χ0) is 22.0. The Bertz CT molecular complexity index is 1320. The van der Waals surface area contributed by atoms with E-state index >= 15 is 0 Å². The number of amides is 1. The number of H-pyrrole nitrogens is 2. The number of rotatable bonds is 7. The van der Waals surface area contributed by atoms with Gasteiger partial charge < -0.3 is 15.3 Å². The number of aromatic amines is 2. The highest BCUT2D eigenvalue weighted by Gasteiger charge is 2.23. The van der Waals surface area contributed by atoms with E-state index < -0.39 is 11.2 Å². The van der Waals surface area contributed by atoms with Crippen molar-refractivity contribution in [1.82, 2.24) is 24.8 Å². The first kappa shape index (κ1) is 20.6. The second-order valence-corrected chi connectivity index (χ2v) is 7.75. The smallest absolute Gasteiger partial charge is 0.328 e. The van der Waals surface area contributed by atoms with Gasteiger partial charge in [0.05, 0.1) is 28.0 Å². The molecule has 4 aromatic rings. The Kier molecular flexibility index (Phi) is 5.70. The van der Waals surface area contributed by atoms with Gasteiger partial charge in [0.2, 0.25) is 5.91 Å². The lowest BCUT2D eigenvalue weighted by atomic mass is 9.98. The van der Waals surface area contributed by atoms with Crippen molar-refractivity contribution in [3.63, 3.8) is 0 Å². The average Bonchev–Trinajstić information content (AvgIpc) is 3.20. The maximum atomic E-state index is 12.7. The summed E-state index contributed by atoms with van der Waals surface area (Å²) in [4.78, 5) is 48.3. The monoisotopic (exact) mass is 419 g/mol. The van der Waals surface area contributed by atoms with E-state index in [4.69, 9.17) is 0 Å². The van der Waals surface area contributed by atoms with Crippen molar-refractivity contribution in [2.24, 2.45) is 5.92 Å². The first-order chi connectivity index (χ1) is 15.0. The van der Waals surface area contributed by atoms with Gasteiger partial charge in [-0.25, -0.2) is 9.78 Å². The molecule has 160 valence electrons. The third-order valence-electron chi connectivity index (χ3n) is 5.68. The van der Waals surface area contributed by atoms with Crippen LogP contribution in [0.3, 0.4) is 0 Å². The van der Waals surface area contributed by atoms with Gasteiger partial charge in [0.1, 0.15) is 5.82 Å². The molecule has 0 spiro atoms. The first-order valence-electron chi connectivity index (χ1n) is 10.4. The van der Waals surface area contributed by atoms with E-state index in [0.29, 0.717) is 16.7 Å². The number of carbonyl (C=O) groups is 1. The summed E-state index contributed by atoms with van der Waals surface area (Å²) in [5.74, 6) is 0.603. The summed E-state index contributed by atoms with van der Waals surface area (Å²) in [6.07, 6.45) is 0.861. The summed E-state index contributed by atoms with van der Waals surface area (Å²) in [7, 11) is 0. The van der Waals surface area contributed by atoms with Gasteiger partial charge in [-0.15, -0.1) is 0 Å². The summed E-state index contributed by atoms with van der Waals surface area (Å²) in [5.41, 5.74) is 1.32. The van der Waals surface area contributed by atoms with Gasteiger partial charge in [0.15, 0.2) is 0 Å². The van der Waals surface area contributed by atoms with Crippen molar-refractivity contribution < 1.29 is 4.79 Å². The number of imidazole rings is 1. The molecule has 2 atom stereocenters. The molecule has 2 heterocycles. The Labute approximate surface area is 178 Å². The van der Waals surface area contributed by atoms with Crippen molar-refractivity contribution in [1.29, 1.82) is 0 Å². The Hall–Kier alpha value is -3.68. The third kappa shape index (κ3) is 4.14. The van der Waals surface area contributed by atoms with Crippen molar-refractivity contribution in [3.05, 3.63) is 75.2 Å². The molecule has 31 heavy (non-hydrogen) atoms. The zero-order valence-corrected chi connectivity index (χ0v) is 17.5. The van der Waals surface area contributed by atoms with E-state index in [9.17, 15) is 14.4 Å². The molecular formula is C23H25N5O3. The molecule has 2 aromatic carbocycles. The van der Waals surface area contributed by atoms with Gasteiger partial charge in [-0.3, -0.25) is 14.2 Å². The van der Waals surface area contributed by atoms with E-state index in [2.05, 4.69) is 34.1 Å². The van der Waals surface area contributed by atoms with E-state index in [1.54, 1.807) is 24.3 Å². The van der Waals surface area contributed by atoms with Gasteiger partial charge in [-0.1, -0.05) is 44.5 Å². The minimum Gasteiger partial charge on any atom is -0.346 e. The molecule has 3 N–H and O–H groups in total. The zero-order valence-electron chi connectivity index (χ0n) is 17.5. The van der Waals surface area contributed by atoms with Crippen molar-refractivity contribution in [3.8, 4) is 0 Å². The highest BCUT2D eigenvalue weighted by atomic mass is 16.2. The first-order valence-corrected chi connectivity index (χ1v) is 10.4. The van der Waals surface area contributed by atoms with Crippen LogP contribution in [0, 0.1) is 5.92 Å². The number of hydrogen-bond donors (Lipinski definition) is 3. The van der Waals surface area contributed by atoms with Crippen LogP contribution in [0.25, 0.3) is 21.9 Å². The van der Waals surface area contributed by atoms with Gasteiger partial charge in [0.25, 0.3) is 5.56 Å². The lowest BCUT2D eigenvalue weighted by Crippen LogP contribution is -2.38. The van der Waals surface area contributed by atoms with Crippen LogP contribution in [-0.2, 0) is 11.3 Å². The topological polar surface area (TPSA) is 113 Å². The number of nitrogens with one attached hydrogen (secondary N) is 3. The molecule has 0 aliphatic rings. The number of hydrogen-bond acceptors (Lipinski definition) is 4. The minimum absolute atomic E-state index is 0.00180. The van der Waals surface area contributed by atoms with Crippen molar-refractivity contribution >= 4 is 27.8 Å². The molecule has 0 radical (unpaired) electrons. The molecule has 0 aliphatic carbocycles. The number of fused-ring (bicyclic) bond motifs is 2. The number of para-hydroxylation sites is 3. The molecule has 0 fully saturated rings. The Morgan fingerprint density at radius 1 is 1.06 bits per heavy atom. The quantitative estimate of drug-likeness (QED) is 0.427. The Morgan fingerprint density at radius 2 is 1.77 bits per heavy atom. The molecule has 4 rings (SSSR count). The Morgan fingerprint density at radius 3 is 2.52 bits per heavy atom. The SMILES string of the molecule is CCC(C)C(NC(=O)CCn1c(=O)[nH]c2ccccc2c1=O)c1nc2ccccc2[nH]1. The number of aromatic nitrogens is 4. The van der Waals surface area contributed by atoms with E-state index in [1.165, 1.54) is 0 Å². The fraction of sp³-hybridized carbons (Fsp3) is 0.304. The fourth-order valence-corrected chi connectivity index (χ4v) is 3.70. The molecule has 0 bridgehead atoms.